The van der Waals surface area contributed by atoms with Gasteiger partial charge in [-0.2, -0.15) is 0 Å². The van der Waals surface area contributed by atoms with Crippen LogP contribution in [0.3, 0.4) is 0 Å². The first-order valence-electron chi connectivity index (χ1n) is 8.11. The zero-order valence-corrected chi connectivity index (χ0v) is 13.4. The largest absolute Gasteiger partial charge is 0.322 e. The Bertz CT molecular complexity index is 668. The molecule has 22 heavy (non-hydrogen) atoms. The monoisotopic (exact) mass is 293 g/mol. The van der Waals surface area contributed by atoms with Gasteiger partial charge in [0.25, 0.3) is 5.91 Å². The van der Waals surface area contributed by atoms with E-state index < -0.39 is 0 Å². The van der Waals surface area contributed by atoms with Crippen LogP contribution in [0.15, 0.2) is 48.5 Å². The van der Waals surface area contributed by atoms with Gasteiger partial charge in [0.05, 0.1) is 0 Å². The fourth-order valence-corrected chi connectivity index (χ4v) is 3.21. The average molecular weight is 293 g/mol. The Hall–Kier alpha value is -2.09. The molecule has 0 spiro atoms. The molecule has 0 bridgehead atoms. The van der Waals surface area contributed by atoms with Gasteiger partial charge in [-0.25, -0.2) is 0 Å². The third-order valence-corrected chi connectivity index (χ3v) is 4.62. The third kappa shape index (κ3) is 3.06. The van der Waals surface area contributed by atoms with Gasteiger partial charge in [-0.15, -0.1) is 0 Å². The zero-order valence-electron chi connectivity index (χ0n) is 13.4. The molecule has 1 saturated carbocycles. The van der Waals surface area contributed by atoms with Crippen LogP contribution in [0.2, 0.25) is 0 Å². The number of rotatable bonds is 5. The minimum atomic E-state index is -0.0440. The molecule has 1 aliphatic carbocycles. The predicted octanol–water partition coefficient (Wildman–Crippen LogP) is 5.08. The van der Waals surface area contributed by atoms with Crippen molar-refractivity contribution in [2.75, 3.05) is 5.32 Å². The first-order valence-corrected chi connectivity index (χ1v) is 8.11. The average Bonchev–Trinajstić information content (AvgIpc) is 3.29. The van der Waals surface area contributed by atoms with Gasteiger partial charge >= 0.3 is 0 Å². The van der Waals surface area contributed by atoms with Crippen LogP contribution in [0, 0.1) is 6.92 Å². The van der Waals surface area contributed by atoms with Crippen LogP contribution in [0.4, 0.5) is 5.69 Å². The molecule has 1 aliphatic rings. The van der Waals surface area contributed by atoms with Crippen molar-refractivity contribution in [1.29, 1.82) is 0 Å². The first-order chi connectivity index (χ1) is 10.6. The molecule has 0 unspecified atom stereocenters. The van der Waals surface area contributed by atoms with Crippen molar-refractivity contribution >= 4 is 11.6 Å². The molecule has 1 fully saturated rings. The summed E-state index contributed by atoms with van der Waals surface area (Å²) in [4.78, 5) is 12.3. The second-order valence-electron chi connectivity index (χ2n) is 6.43. The first kappa shape index (κ1) is 14.8. The van der Waals surface area contributed by atoms with E-state index in [0.717, 1.165) is 16.8 Å². The third-order valence-electron chi connectivity index (χ3n) is 4.62. The van der Waals surface area contributed by atoms with E-state index in [9.17, 15) is 4.79 Å². The molecule has 1 amide bonds. The van der Waals surface area contributed by atoms with Gasteiger partial charge in [-0.1, -0.05) is 37.6 Å². The summed E-state index contributed by atoms with van der Waals surface area (Å²) in [6.07, 6.45) is 5.04. The molecular formula is C20H23NO. The maximum atomic E-state index is 12.3. The highest BCUT2D eigenvalue weighted by Crippen LogP contribution is 2.51. The summed E-state index contributed by atoms with van der Waals surface area (Å²) in [5, 5.41) is 2.96. The number of anilines is 1. The van der Waals surface area contributed by atoms with Crippen molar-refractivity contribution in [2.24, 2.45) is 0 Å². The molecule has 0 heterocycles. The smallest absolute Gasteiger partial charge is 0.255 e. The number of hydrogen-bond acceptors (Lipinski definition) is 1. The number of hydrogen-bond donors (Lipinski definition) is 1. The van der Waals surface area contributed by atoms with E-state index in [1.807, 2.05) is 43.3 Å². The molecule has 1 N–H and O–H groups in total. The minimum absolute atomic E-state index is 0.0440. The molecule has 0 aromatic heterocycles. The van der Waals surface area contributed by atoms with Crippen molar-refractivity contribution in [3.05, 3.63) is 65.2 Å². The molecule has 0 atom stereocenters. The van der Waals surface area contributed by atoms with Crippen molar-refractivity contribution in [2.45, 2.75) is 44.9 Å². The SMILES string of the molecule is CCCC1(c2ccc(C(=O)Nc3cccc(C)c3)cc2)CC1. The Kier molecular flexibility index (Phi) is 4.02. The van der Waals surface area contributed by atoms with Crippen LogP contribution in [0.1, 0.15) is 54.1 Å². The molecular weight excluding hydrogens is 270 g/mol. The van der Waals surface area contributed by atoms with Gasteiger partial charge in [0, 0.05) is 11.3 Å². The molecule has 2 aromatic carbocycles. The minimum Gasteiger partial charge on any atom is -0.322 e. The summed E-state index contributed by atoms with van der Waals surface area (Å²) in [6, 6.07) is 16.0. The van der Waals surface area contributed by atoms with E-state index in [1.165, 1.54) is 31.2 Å². The van der Waals surface area contributed by atoms with Crippen LogP contribution in [-0.2, 0) is 5.41 Å². The van der Waals surface area contributed by atoms with Gasteiger partial charge in [-0.3, -0.25) is 4.79 Å². The van der Waals surface area contributed by atoms with E-state index in [1.54, 1.807) is 0 Å². The highest BCUT2D eigenvalue weighted by molar-refractivity contribution is 6.04. The summed E-state index contributed by atoms with van der Waals surface area (Å²) < 4.78 is 0. The van der Waals surface area contributed by atoms with Crippen LogP contribution in [0.25, 0.3) is 0 Å². The summed E-state index contributed by atoms with van der Waals surface area (Å²) >= 11 is 0. The van der Waals surface area contributed by atoms with E-state index in [-0.39, 0.29) is 5.91 Å². The summed E-state index contributed by atoms with van der Waals surface area (Å²) in [5.74, 6) is -0.0440. The number of aryl methyl sites for hydroxylation is 1. The highest BCUT2D eigenvalue weighted by atomic mass is 16.1. The topological polar surface area (TPSA) is 29.1 Å². The Balaban J connectivity index is 1.71. The highest BCUT2D eigenvalue weighted by Gasteiger charge is 2.42. The van der Waals surface area contributed by atoms with Crippen LogP contribution < -0.4 is 5.32 Å². The summed E-state index contributed by atoms with van der Waals surface area (Å²) in [6.45, 7) is 4.26. The van der Waals surface area contributed by atoms with E-state index >= 15 is 0 Å². The fraction of sp³-hybridized carbons (Fsp3) is 0.350. The zero-order chi connectivity index (χ0) is 15.6. The van der Waals surface area contributed by atoms with Crippen molar-refractivity contribution in [3.8, 4) is 0 Å². The van der Waals surface area contributed by atoms with Crippen molar-refractivity contribution in [1.82, 2.24) is 0 Å². The molecule has 114 valence electrons. The Morgan fingerprint density at radius 2 is 1.86 bits per heavy atom. The number of amides is 1. The second kappa shape index (κ2) is 5.96. The number of carbonyl (C=O) groups excluding carboxylic acids is 1. The Morgan fingerprint density at radius 1 is 1.14 bits per heavy atom. The Labute approximate surface area is 132 Å². The standard InChI is InChI=1S/C20H23NO/c1-3-11-20(12-13-20)17-9-7-16(8-10-17)19(22)21-18-6-4-5-15(2)14-18/h4-10,14H,3,11-13H2,1-2H3,(H,21,22). The van der Waals surface area contributed by atoms with Gasteiger partial charge < -0.3 is 5.32 Å². The lowest BCUT2D eigenvalue weighted by Gasteiger charge is -2.15. The van der Waals surface area contributed by atoms with E-state index in [0.29, 0.717) is 5.41 Å². The number of benzene rings is 2. The maximum absolute atomic E-state index is 12.3. The molecule has 0 aliphatic heterocycles. The fourth-order valence-electron chi connectivity index (χ4n) is 3.21. The normalized spacial score (nSPS) is 15.4. The lowest BCUT2D eigenvalue weighted by Crippen LogP contribution is -2.13. The summed E-state index contributed by atoms with van der Waals surface area (Å²) in [7, 11) is 0. The lowest BCUT2D eigenvalue weighted by atomic mass is 9.90. The van der Waals surface area contributed by atoms with Crippen molar-refractivity contribution < 1.29 is 4.79 Å². The molecule has 2 heteroatoms. The molecule has 3 rings (SSSR count). The lowest BCUT2D eigenvalue weighted by molar-refractivity contribution is 0.102. The number of carbonyl (C=O) groups is 1. The molecule has 2 aromatic rings. The van der Waals surface area contributed by atoms with Gasteiger partial charge in [0.1, 0.15) is 0 Å². The van der Waals surface area contributed by atoms with Crippen LogP contribution in [0.5, 0.6) is 0 Å². The van der Waals surface area contributed by atoms with Gasteiger partial charge in [0.15, 0.2) is 0 Å². The van der Waals surface area contributed by atoms with Gasteiger partial charge in [-0.05, 0) is 67.0 Å². The van der Waals surface area contributed by atoms with Crippen molar-refractivity contribution in [3.63, 3.8) is 0 Å². The molecule has 2 nitrogen and oxygen atoms in total. The van der Waals surface area contributed by atoms with E-state index in [2.05, 4.69) is 24.4 Å². The van der Waals surface area contributed by atoms with Crippen LogP contribution in [-0.4, -0.2) is 5.91 Å². The molecule has 0 saturated heterocycles. The van der Waals surface area contributed by atoms with E-state index in [4.69, 9.17) is 0 Å². The Morgan fingerprint density at radius 3 is 2.45 bits per heavy atom. The quantitative estimate of drug-likeness (QED) is 0.818. The summed E-state index contributed by atoms with van der Waals surface area (Å²) in [5.41, 5.74) is 4.50. The van der Waals surface area contributed by atoms with Crippen LogP contribution >= 0.6 is 0 Å². The van der Waals surface area contributed by atoms with Gasteiger partial charge in [0.2, 0.25) is 0 Å². The maximum Gasteiger partial charge on any atom is 0.255 e. The number of nitrogens with one attached hydrogen (secondary N) is 1. The second-order valence-corrected chi connectivity index (χ2v) is 6.43. The predicted molar refractivity (Wildman–Crippen MR) is 91.4 cm³/mol. The molecule has 0 radical (unpaired) electrons.